The Bertz CT molecular complexity index is 505. The normalized spacial score (nSPS) is 12.9. The van der Waals surface area contributed by atoms with E-state index in [1.807, 2.05) is 29.1 Å². The summed E-state index contributed by atoms with van der Waals surface area (Å²) in [6.07, 6.45) is 2.64. The minimum Gasteiger partial charge on any atom is -0.322 e. The first kappa shape index (κ1) is 13.3. The van der Waals surface area contributed by atoms with Crippen molar-refractivity contribution >= 4 is 15.9 Å². The maximum Gasteiger partial charge on any atom is 0.0699 e. The zero-order chi connectivity index (χ0) is 13.1. The summed E-state index contributed by atoms with van der Waals surface area (Å²) in [4.78, 5) is 0. The maximum atomic E-state index is 6.32. The Morgan fingerprint density at radius 3 is 2.56 bits per heavy atom. The second-order valence-electron chi connectivity index (χ2n) is 4.71. The van der Waals surface area contributed by atoms with Crippen LogP contribution in [0.25, 0.3) is 0 Å². The SMILES string of the molecule is CC(C)n1ncc(Br)c1C(N)Cc1ccccc1. The molecule has 1 unspecified atom stereocenters. The van der Waals surface area contributed by atoms with Crippen LogP contribution in [0.3, 0.4) is 0 Å². The fourth-order valence-electron chi connectivity index (χ4n) is 2.07. The van der Waals surface area contributed by atoms with Gasteiger partial charge in [-0.15, -0.1) is 0 Å². The molecular weight excluding hydrogens is 290 g/mol. The van der Waals surface area contributed by atoms with Crippen LogP contribution >= 0.6 is 15.9 Å². The molecule has 1 atom stereocenters. The summed E-state index contributed by atoms with van der Waals surface area (Å²) in [6.45, 7) is 4.22. The lowest BCUT2D eigenvalue weighted by atomic mass is 10.0. The molecule has 0 fully saturated rings. The van der Waals surface area contributed by atoms with Gasteiger partial charge < -0.3 is 5.73 Å². The molecule has 0 saturated heterocycles. The number of nitrogens with zero attached hydrogens (tertiary/aromatic N) is 2. The molecule has 0 aliphatic rings. The van der Waals surface area contributed by atoms with Gasteiger partial charge in [0.2, 0.25) is 0 Å². The van der Waals surface area contributed by atoms with Gasteiger partial charge in [-0.3, -0.25) is 4.68 Å². The molecule has 0 radical (unpaired) electrons. The Balaban J connectivity index is 2.23. The lowest BCUT2D eigenvalue weighted by Gasteiger charge is -2.17. The highest BCUT2D eigenvalue weighted by molar-refractivity contribution is 9.10. The molecule has 0 bridgehead atoms. The molecule has 0 amide bonds. The minimum atomic E-state index is -0.0494. The monoisotopic (exact) mass is 307 g/mol. The lowest BCUT2D eigenvalue weighted by molar-refractivity contribution is 0.484. The molecule has 1 aromatic heterocycles. The number of hydrogen-bond acceptors (Lipinski definition) is 2. The van der Waals surface area contributed by atoms with Crippen molar-refractivity contribution in [3.8, 4) is 0 Å². The lowest BCUT2D eigenvalue weighted by Crippen LogP contribution is -2.20. The topological polar surface area (TPSA) is 43.8 Å². The number of nitrogens with two attached hydrogens (primary N) is 1. The van der Waals surface area contributed by atoms with Crippen LogP contribution in [0.5, 0.6) is 0 Å². The third kappa shape index (κ3) is 2.82. The maximum absolute atomic E-state index is 6.32. The van der Waals surface area contributed by atoms with Crippen molar-refractivity contribution in [2.75, 3.05) is 0 Å². The average molecular weight is 308 g/mol. The molecule has 0 aliphatic carbocycles. The predicted molar refractivity (Wildman–Crippen MR) is 77.4 cm³/mol. The molecule has 0 aliphatic heterocycles. The van der Waals surface area contributed by atoms with Crippen LogP contribution in [0.4, 0.5) is 0 Å². The van der Waals surface area contributed by atoms with Crippen LogP contribution in [-0.4, -0.2) is 9.78 Å². The van der Waals surface area contributed by atoms with Crippen LogP contribution in [-0.2, 0) is 6.42 Å². The van der Waals surface area contributed by atoms with Crippen molar-refractivity contribution in [1.29, 1.82) is 0 Å². The minimum absolute atomic E-state index is 0.0494. The Hall–Kier alpha value is -1.13. The van der Waals surface area contributed by atoms with E-state index in [9.17, 15) is 0 Å². The summed E-state index contributed by atoms with van der Waals surface area (Å²) in [5.41, 5.74) is 8.63. The number of hydrogen-bond donors (Lipinski definition) is 1. The molecule has 2 aromatic rings. The van der Waals surface area contributed by atoms with Crippen molar-refractivity contribution in [2.45, 2.75) is 32.4 Å². The molecule has 96 valence electrons. The zero-order valence-corrected chi connectivity index (χ0v) is 12.3. The van der Waals surface area contributed by atoms with E-state index in [1.54, 1.807) is 0 Å². The van der Waals surface area contributed by atoms with Crippen molar-refractivity contribution in [3.05, 3.63) is 52.3 Å². The van der Waals surface area contributed by atoms with Gasteiger partial charge in [0, 0.05) is 6.04 Å². The van der Waals surface area contributed by atoms with Crippen LogP contribution in [0, 0.1) is 0 Å². The molecule has 18 heavy (non-hydrogen) atoms. The van der Waals surface area contributed by atoms with Crippen molar-refractivity contribution < 1.29 is 0 Å². The molecule has 2 rings (SSSR count). The molecule has 4 heteroatoms. The standard InChI is InChI=1S/C14H18BrN3/c1-10(2)18-14(12(15)9-17-18)13(16)8-11-6-4-3-5-7-11/h3-7,9-10,13H,8,16H2,1-2H3. The van der Waals surface area contributed by atoms with E-state index < -0.39 is 0 Å². The third-order valence-corrected chi connectivity index (χ3v) is 3.54. The van der Waals surface area contributed by atoms with Gasteiger partial charge in [-0.05, 0) is 41.8 Å². The van der Waals surface area contributed by atoms with Gasteiger partial charge in [-0.1, -0.05) is 30.3 Å². The van der Waals surface area contributed by atoms with E-state index in [2.05, 4.69) is 47.0 Å². The molecule has 0 saturated carbocycles. The molecule has 1 heterocycles. The molecule has 0 spiro atoms. The number of rotatable bonds is 4. The fourth-order valence-corrected chi connectivity index (χ4v) is 2.64. The Kier molecular flexibility index (Phi) is 4.19. The van der Waals surface area contributed by atoms with E-state index in [0.717, 1.165) is 16.6 Å². The Morgan fingerprint density at radius 1 is 1.28 bits per heavy atom. The van der Waals surface area contributed by atoms with Gasteiger partial charge >= 0.3 is 0 Å². The van der Waals surface area contributed by atoms with Crippen LogP contribution in [0.15, 0.2) is 41.0 Å². The average Bonchev–Trinajstić information content (AvgIpc) is 2.72. The quantitative estimate of drug-likeness (QED) is 0.940. The van der Waals surface area contributed by atoms with Crippen molar-refractivity contribution in [1.82, 2.24) is 9.78 Å². The summed E-state index contributed by atoms with van der Waals surface area (Å²) in [6, 6.07) is 10.6. The fraction of sp³-hybridized carbons (Fsp3) is 0.357. The van der Waals surface area contributed by atoms with E-state index in [4.69, 9.17) is 5.73 Å². The number of halogens is 1. The molecule has 2 N–H and O–H groups in total. The summed E-state index contributed by atoms with van der Waals surface area (Å²) in [5, 5.41) is 4.37. The number of aromatic nitrogens is 2. The summed E-state index contributed by atoms with van der Waals surface area (Å²) >= 11 is 3.54. The van der Waals surface area contributed by atoms with Gasteiger partial charge in [-0.25, -0.2) is 0 Å². The summed E-state index contributed by atoms with van der Waals surface area (Å²) in [5.74, 6) is 0. The van der Waals surface area contributed by atoms with Gasteiger partial charge in [0.05, 0.1) is 22.4 Å². The summed E-state index contributed by atoms with van der Waals surface area (Å²) < 4.78 is 2.97. The van der Waals surface area contributed by atoms with Crippen molar-refractivity contribution in [3.63, 3.8) is 0 Å². The highest BCUT2D eigenvalue weighted by atomic mass is 79.9. The van der Waals surface area contributed by atoms with Crippen molar-refractivity contribution in [2.24, 2.45) is 5.73 Å². The highest BCUT2D eigenvalue weighted by Gasteiger charge is 2.18. The van der Waals surface area contributed by atoms with Crippen LogP contribution < -0.4 is 5.73 Å². The van der Waals surface area contributed by atoms with E-state index in [-0.39, 0.29) is 6.04 Å². The zero-order valence-electron chi connectivity index (χ0n) is 10.7. The third-order valence-electron chi connectivity index (χ3n) is 2.93. The Labute approximate surface area is 116 Å². The van der Waals surface area contributed by atoms with Crippen LogP contribution in [0.1, 0.15) is 37.2 Å². The largest absolute Gasteiger partial charge is 0.322 e. The van der Waals surface area contributed by atoms with E-state index in [1.165, 1.54) is 5.56 Å². The van der Waals surface area contributed by atoms with Gasteiger partial charge in [0.15, 0.2) is 0 Å². The number of benzene rings is 1. The molecule has 1 aromatic carbocycles. The van der Waals surface area contributed by atoms with Gasteiger partial charge in [0.25, 0.3) is 0 Å². The molecular formula is C14H18BrN3. The second-order valence-corrected chi connectivity index (χ2v) is 5.57. The first-order valence-corrected chi connectivity index (χ1v) is 6.91. The first-order chi connectivity index (χ1) is 8.59. The Morgan fingerprint density at radius 2 is 1.94 bits per heavy atom. The van der Waals surface area contributed by atoms with Gasteiger partial charge in [0.1, 0.15) is 0 Å². The summed E-state index contributed by atoms with van der Waals surface area (Å²) in [7, 11) is 0. The predicted octanol–water partition coefficient (Wildman–Crippen LogP) is 3.47. The van der Waals surface area contributed by atoms with Crippen LogP contribution in [0.2, 0.25) is 0 Å². The first-order valence-electron chi connectivity index (χ1n) is 6.12. The highest BCUT2D eigenvalue weighted by Crippen LogP contribution is 2.26. The second kappa shape index (κ2) is 5.67. The smallest absolute Gasteiger partial charge is 0.0699 e. The van der Waals surface area contributed by atoms with E-state index in [0.29, 0.717) is 6.04 Å². The molecule has 3 nitrogen and oxygen atoms in total. The van der Waals surface area contributed by atoms with E-state index >= 15 is 0 Å². The van der Waals surface area contributed by atoms with Gasteiger partial charge in [-0.2, -0.15) is 5.10 Å².